The van der Waals surface area contributed by atoms with Crippen LogP contribution in [0.1, 0.15) is 5.56 Å². The molecule has 0 bridgehead atoms. The van der Waals surface area contributed by atoms with Crippen LogP contribution >= 0.6 is 0 Å². The van der Waals surface area contributed by atoms with Gasteiger partial charge >= 0.3 is 0 Å². The predicted molar refractivity (Wildman–Crippen MR) is 74.4 cm³/mol. The maximum atomic E-state index is 13.4. The van der Waals surface area contributed by atoms with Crippen LogP contribution in [0, 0.1) is 11.6 Å². The van der Waals surface area contributed by atoms with Gasteiger partial charge in [0.15, 0.2) is 0 Å². The minimum atomic E-state index is -3.99. The molecule has 2 aromatic carbocycles. The Balaban J connectivity index is 2.22. The van der Waals surface area contributed by atoms with Crippen LogP contribution in [0.4, 0.5) is 14.5 Å². The van der Waals surface area contributed by atoms with Gasteiger partial charge < -0.3 is 0 Å². The lowest BCUT2D eigenvalue weighted by Crippen LogP contribution is -2.11. The third kappa shape index (κ3) is 3.64. The standard InChI is InChI=1S/C14H11F2NO2S/c15-12-7-4-8-13(16)14(12)17-20(18,19)10-9-11-5-2-1-3-6-11/h1-10,17H/b10-9+. The van der Waals surface area contributed by atoms with E-state index in [4.69, 9.17) is 0 Å². The van der Waals surface area contributed by atoms with Gasteiger partial charge in [-0.3, -0.25) is 4.72 Å². The van der Waals surface area contributed by atoms with Crippen LogP contribution in [0.3, 0.4) is 0 Å². The summed E-state index contributed by atoms with van der Waals surface area (Å²) in [6.45, 7) is 0. The SMILES string of the molecule is O=S(=O)(/C=C/c1ccccc1)Nc1c(F)cccc1F. The van der Waals surface area contributed by atoms with Crippen molar-refractivity contribution in [1.82, 2.24) is 0 Å². The van der Waals surface area contributed by atoms with E-state index in [1.165, 1.54) is 6.08 Å². The smallest absolute Gasteiger partial charge is 0.255 e. The quantitative estimate of drug-likeness (QED) is 0.940. The molecule has 0 amide bonds. The van der Waals surface area contributed by atoms with E-state index in [1.54, 1.807) is 30.3 Å². The second-order valence-electron chi connectivity index (χ2n) is 3.96. The molecule has 2 aromatic rings. The Labute approximate surface area is 115 Å². The number of benzene rings is 2. The lowest BCUT2D eigenvalue weighted by atomic mass is 10.2. The van der Waals surface area contributed by atoms with Crippen molar-refractivity contribution in [3.05, 3.63) is 71.1 Å². The van der Waals surface area contributed by atoms with E-state index in [9.17, 15) is 17.2 Å². The lowest BCUT2D eigenvalue weighted by molar-refractivity contribution is 0.585. The van der Waals surface area contributed by atoms with Crippen molar-refractivity contribution in [1.29, 1.82) is 0 Å². The molecule has 3 nitrogen and oxygen atoms in total. The minimum Gasteiger partial charge on any atom is -0.274 e. The average Bonchev–Trinajstić information content (AvgIpc) is 2.42. The Bertz CT molecular complexity index is 708. The number of halogens is 2. The van der Waals surface area contributed by atoms with Crippen molar-refractivity contribution < 1.29 is 17.2 Å². The highest BCUT2D eigenvalue weighted by molar-refractivity contribution is 7.95. The highest BCUT2D eigenvalue weighted by atomic mass is 32.2. The molecule has 6 heteroatoms. The van der Waals surface area contributed by atoms with Crippen molar-refractivity contribution >= 4 is 21.8 Å². The van der Waals surface area contributed by atoms with Gasteiger partial charge in [-0.25, -0.2) is 17.2 Å². The molecule has 0 spiro atoms. The third-order valence-corrected chi connectivity index (χ3v) is 3.43. The molecule has 20 heavy (non-hydrogen) atoms. The zero-order chi connectivity index (χ0) is 14.6. The summed E-state index contributed by atoms with van der Waals surface area (Å²) in [6.07, 6.45) is 1.33. The summed E-state index contributed by atoms with van der Waals surface area (Å²) in [5.41, 5.74) is -0.0305. The molecule has 0 saturated heterocycles. The average molecular weight is 295 g/mol. The predicted octanol–water partition coefficient (Wildman–Crippen LogP) is 3.38. The van der Waals surface area contributed by atoms with Gasteiger partial charge in [0.1, 0.15) is 17.3 Å². The number of hydrogen-bond acceptors (Lipinski definition) is 2. The van der Waals surface area contributed by atoms with Gasteiger partial charge in [0.05, 0.1) is 5.41 Å². The molecule has 0 atom stereocenters. The van der Waals surface area contributed by atoms with Gasteiger partial charge in [-0.2, -0.15) is 0 Å². The number of sulfonamides is 1. The second-order valence-corrected chi connectivity index (χ2v) is 5.52. The Kier molecular flexibility index (Phi) is 4.14. The maximum Gasteiger partial charge on any atom is 0.255 e. The summed E-state index contributed by atoms with van der Waals surface area (Å²) < 4.78 is 52.1. The molecule has 0 aliphatic heterocycles. The van der Waals surface area contributed by atoms with E-state index in [-0.39, 0.29) is 0 Å². The maximum absolute atomic E-state index is 13.4. The number of rotatable bonds is 4. The second kappa shape index (κ2) is 5.83. The monoisotopic (exact) mass is 295 g/mol. The van der Waals surface area contributed by atoms with E-state index in [1.807, 2.05) is 4.72 Å². The van der Waals surface area contributed by atoms with Gasteiger partial charge in [-0.1, -0.05) is 36.4 Å². The van der Waals surface area contributed by atoms with Gasteiger partial charge in [0.25, 0.3) is 10.0 Å². The molecule has 0 aromatic heterocycles. The van der Waals surface area contributed by atoms with Gasteiger partial charge in [-0.05, 0) is 23.8 Å². The molecule has 0 fully saturated rings. The summed E-state index contributed by atoms with van der Waals surface area (Å²) in [6, 6.07) is 11.8. The molecule has 0 aliphatic rings. The van der Waals surface area contributed by atoms with Crippen LogP contribution in [-0.4, -0.2) is 8.42 Å². The first kappa shape index (κ1) is 14.2. The van der Waals surface area contributed by atoms with Crippen LogP contribution in [0.15, 0.2) is 53.9 Å². The van der Waals surface area contributed by atoms with Crippen molar-refractivity contribution in [2.45, 2.75) is 0 Å². The summed E-state index contributed by atoms with van der Waals surface area (Å²) in [5, 5.41) is 0.855. The summed E-state index contributed by atoms with van der Waals surface area (Å²) in [4.78, 5) is 0. The zero-order valence-corrected chi connectivity index (χ0v) is 11.1. The number of nitrogens with one attached hydrogen (secondary N) is 1. The number of hydrogen-bond donors (Lipinski definition) is 1. The molecule has 0 saturated carbocycles. The fraction of sp³-hybridized carbons (Fsp3) is 0. The van der Waals surface area contributed by atoms with Crippen molar-refractivity contribution in [2.24, 2.45) is 0 Å². The Morgan fingerprint density at radius 2 is 1.50 bits per heavy atom. The van der Waals surface area contributed by atoms with Crippen LogP contribution in [0.2, 0.25) is 0 Å². The van der Waals surface area contributed by atoms with Crippen LogP contribution in [0.25, 0.3) is 6.08 Å². The topological polar surface area (TPSA) is 46.2 Å². The Morgan fingerprint density at radius 1 is 0.900 bits per heavy atom. The third-order valence-electron chi connectivity index (χ3n) is 2.45. The van der Waals surface area contributed by atoms with Crippen LogP contribution in [0.5, 0.6) is 0 Å². The molecule has 2 rings (SSSR count). The molecule has 0 unspecified atom stereocenters. The first-order valence-electron chi connectivity index (χ1n) is 5.68. The molecule has 104 valence electrons. The van der Waals surface area contributed by atoms with E-state index < -0.39 is 27.3 Å². The molecular formula is C14H11F2NO2S. The van der Waals surface area contributed by atoms with Crippen molar-refractivity contribution in [3.63, 3.8) is 0 Å². The van der Waals surface area contributed by atoms with Crippen molar-refractivity contribution in [2.75, 3.05) is 4.72 Å². The minimum absolute atomic E-state index is 0.659. The van der Waals surface area contributed by atoms with Crippen LogP contribution < -0.4 is 4.72 Å². The normalized spacial score (nSPS) is 11.7. The molecule has 0 aliphatic carbocycles. The fourth-order valence-corrected chi connectivity index (χ4v) is 2.39. The Hall–Kier alpha value is -2.21. The molecule has 0 heterocycles. The molecular weight excluding hydrogens is 284 g/mol. The first-order chi connectivity index (χ1) is 9.48. The van der Waals surface area contributed by atoms with Gasteiger partial charge in [0.2, 0.25) is 0 Å². The highest BCUT2D eigenvalue weighted by Crippen LogP contribution is 2.19. The largest absolute Gasteiger partial charge is 0.274 e. The van der Waals surface area contributed by atoms with E-state index >= 15 is 0 Å². The van der Waals surface area contributed by atoms with Gasteiger partial charge in [0, 0.05) is 0 Å². The number of para-hydroxylation sites is 1. The highest BCUT2D eigenvalue weighted by Gasteiger charge is 2.13. The fourth-order valence-electron chi connectivity index (χ4n) is 1.50. The lowest BCUT2D eigenvalue weighted by Gasteiger charge is -2.06. The summed E-state index contributed by atoms with van der Waals surface area (Å²) in [5.74, 6) is -1.94. The first-order valence-corrected chi connectivity index (χ1v) is 7.22. The summed E-state index contributed by atoms with van der Waals surface area (Å²) >= 11 is 0. The Morgan fingerprint density at radius 3 is 2.10 bits per heavy atom. The molecule has 0 radical (unpaired) electrons. The summed E-state index contributed by atoms with van der Waals surface area (Å²) in [7, 11) is -3.99. The molecule has 1 N–H and O–H groups in total. The van der Waals surface area contributed by atoms with E-state index in [2.05, 4.69) is 0 Å². The zero-order valence-electron chi connectivity index (χ0n) is 10.3. The van der Waals surface area contributed by atoms with Crippen molar-refractivity contribution in [3.8, 4) is 0 Å². The number of anilines is 1. The van der Waals surface area contributed by atoms with E-state index in [0.29, 0.717) is 5.56 Å². The van der Waals surface area contributed by atoms with E-state index in [0.717, 1.165) is 23.6 Å². The van der Waals surface area contributed by atoms with Gasteiger partial charge in [-0.15, -0.1) is 0 Å². The van der Waals surface area contributed by atoms with Crippen LogP contribution in [-0.2, 0) is 10.0 Å².